The van der Waals surface area contributed by atoms with Crippen molar-refractivity contribution < 1.29 is 19.4 Å². The Kier molecular flexibility index (Phi) is 4.73. The van der Waals surface area contributed by atoms with Gasteiger partial charge in [0.05, 0.1) is 22.4 Å². The minimum Gasteiger partial charge on any atom is -0.476 e. The van der Waals surface area contributed by atoms with Gasteiger partial charge in [-0.05, 0) is 44.8 Å². The van der Waals surface area contributed by atoms with E-state index < -0.39 is 12.1 Å². The number of carbonyl (C=O) groups excluding carboxylic acids is 1. The SMILES string of the molecule is O=C(O)c1nn2c(c1I)CN(C(=O)OCC1c3ccccc3-c3ccccc31)CC2. The first-order valence-corrected chi connectivity index (χ1v) is 10.7. The second-order valence-corrected chi connectivity index (χ2v) is 8.44. The van der Waals surface area contributed by atoms with Gasteiger partial charge < -0.3 is 14.7 Å². The van der Waals surface area contributed by atoms with E-state index >= 15 is 0 Å². The molecular weight excluding hydrogens is 497 g/mol. The molecule has 1 aliphatic carbocycles. The van der Waals surface area contributed by atoms with E-state index in [0.29, 0.717) is 16.7 Å². The summed E-state index contributed by atoms with van der Waals surface area (Å²) in [6.45, 7) is 1.43. The lowest BCUT2D eigenvalue weighted by molar-refractivity contribution is 0.0687. The molecule has 0 spiro atoms. The Morgan fingerprint density at radius 3 is 2.33 bits per heavy atom. The highest BCUT2D eigenvalue weighted by Gasteiger charge is 2.32. The summed E-state index contributed by atoms with van der Waals surface area (Å²) in [4.78, 5) is 25.7. The Hall–Kier alpha value is -2.88. The van der Waals surface area contributed by atoms with Crippen LogP contribution in [0.4, 0.5) is 4.79 Å². The van der Waals surface area contributed by atoms with Crippen molar-refractivity contribution in [3.63, 3.8) is 0 Å². The van der Waals surface area contributed by atoms with Crippen molar-refractivity contribution in [2.45, 2.75) is 19.0 Å². The van der Waals surface area contributed by atoms with Gasteiger partial charge in [0.15, 0.2) is 5.69 Å². The molecule has 0 bridgehead atoms. The highest BCUT2D eigenvalue weighted by Crippen LogP contribution is 2.44. The first-order chi connectivity index (χ1) is 14.5. The molecule has 0 radical (unpaired) electrons. The van der Waals surface area contributed by atoms with E-state index in [1.165, 1.54) is 22.3 Å². The van der Waals surface area contributed by atoms with Crippen LogP contribution in [0, 0.1) is 3.57 Å². The molecule has 2 aliphatic rings. The number of fused-ring (bicyclic) bond motifs is 4. The van der Waals surface area contributed by atoms with Gasteiger partial charge in [-0.25, -0.2) is 9.59 Å². The van der Waals surface area contributed by atoms with Crippen molar-refractivity contribution in [3.05, 3.63) is 74.6 Å². The molecule has 0 saturated carbocycles. The number of benzene rings is 2. The van der Waals surface area contributed by atoms with Crippen LogP contribution in [-0.4, -0.2) is 45.0 Å². The summed E-state index contributed by atoms with van der Waals surface area (Å²) in [5.74, 6) is -1.05. The summed E-state index contributed by atoms with van der Waals surface area (Å²) in [5.41, 5.74) is 5.47. The molecule has 0 atom stereocenters. The molecule has 2 aromatic carbocycles. The fourth-order valence-corrected chi connectivity index (χ4v) is 5.05. The molecule has 2 heterocycles. The van der Waals surface area contributed by atoms with Crippen LogP contribution in [0.2, 0.25) is 0 Å². The lowest BCUT2D eigenvalue weighted by Crippen LogP contribution is -2.39. The second kappa shape index (κ2) is 7.42. The van der Waals surface area contributed by atoms with Gasteiger partial charge in [0.25, 0.3) is 0 Å². The topological polar surface area (TPSA) is 84.7 Å². The number of hydrogen-bond acceptors (Lipinski definition) is 4. The Balaban J connectivity index is 1.32. The van der Waals surface area contributed by atoms with E-state index in [1.54, 1.807) is 9.58 Å². The van der Waals surface area contributed by atoms with Crippen molar-refractivity contribution in [1.29, 1.82) is 0 Å². The van der Waals surface area contributed by atoms with Crippen LogP contribution in [-0.2, 0) is 17.8 Å². The maximum atomic E-state index is 12.8. The van der Waals surface area contributed by atoms with Crippen LogP contribution >= 0.6 is 22.6 Å². The molecule has 7 nitrogen and oxygen atoms in total. The molecule has 1 N–H and O–H groups in total. The van der Waals surface area contributed by atoms with Gasteiger partial charge in [0, 0.05) is 12.5 Å². The lowest BCUT2D eigenvalue weighted by Gasteiger charge is -2.27. The normalized spacial score (nSPS) is 14.8. The number of nitrogens with zero attached hydrogens (tertiary/aromatic N) is 3. The van der Waals surface area contributed by atoms with Crippen molar-refractivity contribution in [1.82, 2.24) is 14.7 Å². The number of carboxylic acid groups (broad SMARTS) is 1. The van der Waals surface area contributed by atoms with E-state index in [0.717, 1.165) is 5.69 Å². The number of aromatic nitrogens is 2. The number of carboxylic acids is 1. The Labute approximate surface area is 186 Å². The van der Waals surface area contributed by atoms with Crippen LogP contribution in [0.25, 0.3) is 11.1 Å². The van der Waals surface area contributed by atoms with Gasteiger partial charge in [0.2, 0.25) is 0 Å². The monoisotopic (exact) mass is 515 g/mol. The van der Waals surface area contributed by atoms with E-state index in [4.69, 9.17) is 4.74 Å². The van der Waals surface area contributed by atoms with Gasteiger partial charge in [0.1, 0.15) is 6.61 Å². The average molecular weight is 515 g/mol. The molecule has 0 fully saturated rings. The molecule has 30 heavy (non-hydrogen) atoms. The summed E-state index contributed by atoms with van der Waals surface area (Å²) in [7, 11) is 0. The third-order valence-electron chi connectivity index (χ3n) is 5.71. The fourth-order valence-electron chi connectivity index (χ4n) is 4.26. The number of rotatable bonds is 3. The van der Waals surface area contributed by atoms with Crippen LogP contribution < -0.4 is 0 Å². The summed E-state index contributed by atoms with van der Waals surface area (Å²) in [5, 5.41) is 13.4. The summed E-state index contributed by atoms with van der Waals surface area (Å²) in [6.07, 6.45) is -0.392. The first kappa shape index (κ1) is 19.1. The van der Waals surface area contributed by atoms with Crippen molar-refractivity contribution in [3.8, 4) is 11.1 Å². The predicted molar refractivity (Wildman–Crippen MR) is 117 cm³/mol. The Morgan fingerprint density at radius 1 is 1.07 bits per heavy atom. The molecule has 0 unspecified atom stereocenters. The quantitative estimate of drug-likeness (QED) is 0.535. The Morgan fingerprint density at radius 2 is 1.70 bits per heavy atom. The smallest absolute Gasteiger partial charge is 0.410 e. The number of aromatic carboxylic acids is 1. The summed E-state index contributed by atoms with van der Waals surface area (Å²) in [6, 6.07) is 16.4. The van der Waals surface area contributed by atoms with Crippen LogP contribution in [0.15, 0.2) is 48.5 Å². The zero-order valence-electron chi connectivity index (χ0n) is 15.9. The molecule has 1 aromatic heterocycles. The summed E-state index contributed by atoms with van der Waals surface area (Å²) < 4.78 is 7.96. The van der Waals surface area contributed by atoms with Gasteiger partial charge in [-0.3, -0.25) is 4.68 Å². The standard InChI is InChI=1S/C22H18IN3O4/c23-19-18-11-25(9-10-26(18)24-20(19)21(27)28)22(29)30-12-17-15-7-3-1-5-13(15)14-6-2-4-8-16(14)17/h1-8,17H,9-12H2,(H,27,28). The van der Waals surface area contributed by atoms with Crippen LogP contribution in [0.5, 0.6) is 0 Å². The maximum absolute atomic E-state index is 12.8. The molecular formula is C22H18IN3O4. The lowest BCUT2D eigenvalue weighted by atomic mass is 9.98. The Bertz CT molecular complexity index is 1130. The minimum atomic E-state index is -1.06. The van der Waals surface area contributed by atoms with E-state index in [-0.39, 0.29) is 24.8 Å². The third kappa shape index (κ3) is 3.06. The minimum absolute atomic E-state index is 0.00965. The van der Waals surface area contributed by atoms with Crippen molar-refractivity contribution in [2.75, 3.05) is 13.2 Å². The van der Waals surface area contributed by atoms with Crippen LogP contribution in [0.1, 0.15) is 33.2 Å². The molecule has 1 aliphatic heterocycles. The van der Waals surface area contributed by atoms with Crippen LogP contribution in [0.3, 0.4) is 0 Å². The zero-order valence-corrected chi connectivity index (χ0v) is 18.1. The molecule has 0 saturated heterocycles. The number of hydrogen-bond donors (Lipinski definition) is 1. The van der Waals surface area contributed by atoms with E-state index in [1.807, 2.05) is 46.9 Å². The van der Waals surface area contributed by atoms with Gasteiger partial charge >= 0.3 is 12.1 Å². The molecule has 8 heteroatoms. The largest absolute Gasteiger partial charge is 0.476 e. The number of amides is 1. The molecule has 1 amide bonds. The first-order valence-electron chi connectivity index (χ1n) is 9.63. The van der Waals surface area contributed by atoms with Gasteiger partial charge in [-0.1, -0.05) is 48.5 Å². The maximum Gasteiger partial charge on any atom is 0.410 e. The van der Waals surface area contributed by atoms with Gasteiger partial charge in [-0.2, -0.15) is 5.10 Å². The highest BCUT2D eigenvalue weighted by atomic mass is 127. The van der Waals surface area contributed by atoms with Gasteiger partial charge in [-0.15, -0.1) is 0 Å². The van der Waals surface area contributed by atoms with Crippen molar-refractivity contribution in [2.24, 2.45) is 0 Å². The fraction of sp³-hybridized carbons (Fsp3) is 0.227. The third-order valence-corrected chi connectivity index (χ3v) is 6.85. The van der Waals surface area contributed by atoms with E-state index in [2.05, 4.69) is 29.4 Å². The number of ether oxygens (including phenoxy) is 1. The highest BCUT2D eigenvalue weighted by molar-refractivity contribution is 14.1. The average Bonchev–Trinajstić information content (AvgIpc) is 3.27. The molecule has 5 rings (SSSR count). The van der Waals surface area contributed by atoms with Crippen molar-refractivity contribution >= 4 is 34.7 Å². The molecule has 152 valence electrons. The predicted octanol–water partition coefficient (Wildman–Crippen LogP) is 3.95. The second-order valence-electron chi connectivity index (χ2n) is 7.36. The summed E-state index contributed by atoms with van der Waals surface area (Å²) >= 11 is 1.98. The zero-order chi connectivity index (χ0) is 20.8. The number of carbonyl (C=O) groups is 2. The molecule has 3 aromatic rings. The number of halogens is 1. The van der Waals surface area contributed by atoms with E-state index in [9.17, 15) is 14.7 Å².